The number of carbonyl (C=O) groups is 1. The van der Waals surface area contributed by atoms with Gasteiger partial charge in [0.15, 0.2) is 0 Å². The van der Waals surface area contributed by atoms with Gasteiger partial charge in [-0.15, -0.1) is 0 Å². The van der Waals surface area contributed by atoms with Crippen LogP contribution >= 0.6 is 0 Å². The minimum atomic E-state index is 0.203. The molecule has 2 nitrogen and oxygen atoms in total. The average Bonchev–Trinajstić information content (AvgIpc) is 2.39. The van der Waals surface area contributed by atoms with E-state index in [2.05, 4.69) is 18.8 Å². The van der Waals surface area contributed by atoms with Crippen LogP contribution in [0.4, 0.5) is 0 Å². The quantitative estimate of drug-likeness (QED) is 0.690. The van der Waals surface area contributed by atoms with Crippen molar-refractivity contribution < 1.29 is 4.79 Å². The lowest BCUT2D eigenvalue weighted by molar-refractivity contribution is -0.130. The van der Waals surface area contributed by atoms with Crippen molar-refractivity contribution in [1.29, 1.82) is 0 Å². The van der Waals surface area contributed by atoms with E-state index >= 15 is 0 Å². The van der Waals surface area contributed by atoms with E-state index in [0.717, 1.165) is 24.9 Å². The minimum absolute atomic E-state index is 0.203. The second-order valence-corrected chi connectivity index (χ2v) is 4.50. The Morgan fingerprint density at radius 2 is 2.00 bits per heavy atom. The van der Waals surface area contributed by atoms with Crippen molar-refractivity contribution in [2.24, 2.45) is 0 Å². The summed E-state index contributed by atoms with van der Waals surface area (Å²) < 4.78 is 0. The Morgan fingerprint density at radius 3 is 2.72 bits per heavy atom. The maximum Gasteiger partial charge on any atom is 0.226 e. The summed E-state index contributed by atoms with van der Waals surface area (Å²) in [6.45, 7) is 2.88. The van der Waals surface area contributed by atoms with Crippen LogP contribution in [0.3, 0.4) is 0 Å². The monoisotopic (exact) mass is 239 g/mol. The number of amides is 1. The van der Waals surface area contributed by atoms with E-state index in [9.17, 15) is 4.79 Å². The number of hydrogen-bond donors (Lipinski definition) is 0. The van der Waals surface area contributed by atoms with Crippen LogP contribution in [0, 0.1) is 18.8 Å². The predicted molar refractivity (Wildman–Crippen MR) is 72.8 cm³/mol. The molecule has 18 heavy (non-hydrogen) atoms. The van der Waals surface area contributed by atoms with Gasteiger partial charge >= 0.3 is 0 Å². The van der Waals surface area contributed by atoms with E-state index in [1.54, 1.807) is 17.2 Å². The normalized spacial score (nSPS) is 15.6. The highest BCUT2D eigenvalue weighted by atomic mass is 16.2. The van der Waals surface area contributed by atoms with E-state index in [1.807, 2.05) is 24.3 Å². The second kappa shape index (κ2) is 6.07. The van der Waals surface area contributed by atoms with Gasteiger partial charge in [0, 0.05) is 30.8 Å². The Morgan fingerprint density at radius 1 is 1.22 bits per heavy atom. The zero-order valence-electron chi connectivity index (χ0n) is 10.6. The van der Waals surface area contributed by atoms with Gasteiger partial charge in [0.25, 0.3) is 0 Å². The van der Waals surface area contributed by atoms with Crippen molar-refractivity contribution in [3.8, 4) is 11.8 Å². The van der Waals surface area contributed by atoms with Crippen molar-refractivity contribution in [3.05, 3.63) is 47.7 Å². The van der Waals surface area contributed by atoms with E-state index in [-0.39, 0.29) is 5.91 Å². The van der Waals surface area contributed by atoms with Crippen LogP contribution < -0.4 is 0 Å². The summed E-state index contributed by atoms with van der Waals surface area (Å²) >= 11 is 0. The molecular weight excluding hydrogens is 222 g/mol. The molecule has 1 aromatic rings. The number of rotatable bonds is 1. The fraction of sp³-hybridized carbons (Fsp3) is 0.312. The Kier molecular flexibility index (Phi) is 4.20. The molecule has 0 unspecified atom stereocenters. The summed E-state index contributed by atoms with van der Waals surface area (Å²) in [5.74, 6) is 6.22. The van der Waals surface area contributed by atoms with Gasteiger partial charge in [0.05, 0.1) is 0 Å². The second-order valence-electron chi connectivity index (χ2n) is 4.50. The fourth-order valence-electron chi connectivity index (χ4n) is 1.87. The van der Waals surface area contributed by atoms with Crippen LogP contribution in [-0.2, 0) is 4.79 Å². The molecule has 2 heteroatoms. The third-order valence-electron chi connectivity index (χ3n) is 2.97. The first kappa shape index (κ1) is 12.4. The van der Waals surface area contributed by atoms with Gasteiger partial charge in [-0.2, -0.15) is 0 Å². The topological polar surface area (TPSA) is 20.3 Å². The molecule has 1 amide bonds. The minimum Gasteiger partial charge on any atom is -0.318 e. The van der Waals surface area contributed by atoms with Crippen LogP contribution in [-0.4, -0.2) is 17.4 Å². The number of likely N-dealkylation sites (tertiary alicyclic amines) is 1. The molecule has 0 N–H and O–H groups in total. The van der Waals surface area contributed by atoms with Crippen LogP contribution in [0.25, 0.3) is 0 Å². The number of aryl methyl sites for hydroxylation is 1. The molecule has 0 bridgehead atoms. The molecule has 92 valence electrons. The summed E-state index contributed by atoms with van der Waals surface area (Å²) in [6.07, 6.45) is 6.31. The van der Waals surface area contributed by atoms with Crippen molar-refractivity contribution in [3.63, 3.8) is 0 Å². The fourth-order valence-corrected chi connectivity index (χ4v) is 1.87. The molecule has 1 saturated heterocycles. The lowest BCUT2D eigenvalue weighted by atomic mass is 10.1. The number of benzene rings is 1. The van der Waals surface area contributed by atoms with Gasteiger partial charge < -0.3 is 4.90 Å². The first-order valence-corrected chi connectivity index (χ1v) is 6.30. The average molecular weight is 239 g/mol. The summed E-state index contributed by atoms with van der Waals surface area (Å²) in [4.78, 5) is 13.3. The molecule has 1 aromatic carbocycles. The third-order valence-corrected chi connectivity index (χ3v) is 2.97. The van der Waals surface area contributed by atoms with Gasteiger partial charge in [-0.25, -0.2) is 0 Å². The van der Waals surface area contributed by atoms with Crippen molar-refractivity contribution >= 4 is 5.91 Å². The van der Waals surface area contributed by atoms with Crippen molar-refractivity contribution in [2.45, 2.75) is 26.2 Å². The van der Waals surface area contributed by atoms with Crippen LogP contribution in [0.2, 0.25) is 0 Å². The molecule has 0 aliphatic carbocycles. The molecule has 0 radical (unpaired) electrons. The summed E-state index contributed by atoms with van der Waals surface area (Å²) in [5, 5.41) is 0. The molecule has 2 rings (SSSR count). The van der Waals surface area contributed by atoms with Crippen LogP contribution in [0.5, 0.6) is 0 Å². The zero-order valence-corrected chi connectivity index (χ0v) is 10.6. The molecule has 0 atom stereocenters. The highest BCUT2D eigenvalue weighted by Gasteiger charge is 2.14. The summed E-state index contributed by atoms with van der Waals surface area (Å²) in [7, 11) is 0. The van der Waals surface area contributed by atoms with Gasteiger partial charge in [0.2, 0.25) is 5.91 Å². The smallest absolute Gasteiger partial charge is 0.226 e. The van der Waals surface area contributed by atoms with Crippen LogP contribution in [0.15, 0.2) is 36.5 Å². The lowest BCUT2D eigenvalue weighted by Crippen LogP contribution is -2.30. The van der Waals surface area contributed by atoms with Gasteiger partial charge in [-0.05, 0) is 31.9 Å². The maximum absolute atomic E-state index is 11.5. The van der Waals surface area contributed by atoms with Crippen LogP contribution in [0.1, 0.15) is 30.4 Å². The highest BCUT2D eigenvalue weighted by molar-refractivity contribution is 5.77. The van der Waals surface area contributed by atoms with Gasteiger partial charge in [-0.1, -0.05) is 29.5 Å². The van der Waals surface area contributed by atoms with E-state index < -0.39 is 0 Å². The Hall–Kier alpha value is -2.01. The molecule has 0 spiro atoms. The lowest BCUT2D eigenvalue weighted by Gasteiger charge is -2.22. The first-order chi connectivity index (χ1) is 8.75. The Balaban J connectivity index is 1.94. The van der Waals surface area contributed by atoms with Crippen molar-refractivity contribution in [1.82, 2.24) is 4.90 Å². The summed E-state index contributed by atoms with van der Waals surface area (Å²) in [5.41, 5.74) is 2.23. The zero-order chi connectivity index (χ0) is 12.8. The SMILES string of the molecule is Cc1ccc(C#C/C=C/N2CCCCC2=O)cc1. The van der Waals surface area contributed by atoms with Crippen molar-refractivity contribution in [2.75, 3.05) is 6.54 Å². The third kappa shape index (κ3) is 3.49. The van der Waals surface area contributed by atoms with Gasteiger partial charge in [-0.3, -0.25) is 4.79 Å². The molecule has 1 aliphatic rings. The predicted octanol–water partition coefficient (Wildman–Crippen LogP) is 2.87. The molecule has 1 heterocycles. The molecule has 1 aliphatic heterocycles. The first-order valence-electron chi connectivity index (χ1n) is 6.30. The van der Waals surface area contributed by atoms with E-state index in [0.29, 0.717) is 6.42 Å². The maximum atomic E-state index is 11.5. The standard InChI is InChI=1S/C16H17NO/c1-14-8-10-15(11-9-14)6-2-4-12-17-13-5-3-7-16(17)18/h4,8-12H,3,5,7,13H2,1H3/b12-4+. The number of nitrogens with zero attached hydrogens (tertiary/aromatic N) is 1. The summed E-state index contributed by atoms with van der Waals surface area (Å²) in [6, 6.07) is 8.09. The van der Waals surface area contributed by atoms with E-state index in [4.69, 9.17) is 0 Å². The molecule has 1 fully saturated rings. The molecule has 0 saturated carbocycles. The molecular formula is C16H17NO. The number of piperidine rings is 1. The Labute approximate surface area is 108 Å². The number of hydrogen-bond acceptors (Lipinski definition) is 1. The highest BCUT2D eigenvalue weighted by Crippen LogP contribution is 2.10. The van der Waals surface area contributed by atoms with E-state index in [1.165, 1.54) is 5.56 Å². The molecule has 0 aromatic heterocycles. The number of allylic oxidation sites excluding steroid dienone is 1. The number of carbonyl (C=O) groups excluding carboxylic acids is 1. The van der Waals surface area contributed by atoms with Gasteiger partial charge in [0.1, 0.15) is 0 Å². The largest absolute Gasteiger partial charge is 0.318 e. The Bertz CT molecular complexity index is 502.